The van der Waals surface area contributed by atoms with Crippen LogP contribution < -0.4 is 0 Å². The Bertz CT molecular complexity index is 176. The van der Waals surface area contributed by atoms with E-state index < -0.39 is 0 Å². The van der Waals surface area contributed by atoms with Gasteiger partial charge in [-0.05, 0) is 18.9 Å². The van der Waals surface area contributed by atoms with Crippen LogP contribution in [0, 0.1) is 0 Å². The Labute approximate surface area is 72.4 Å². The van der Waals surface area contributed by atoms with Gasteiger partial charge in [-0.1, -0.05) is 5.57 Å². The highest BCUT2D eigenvalue weighted by atomic mass is 16.5. The molecular formula is C9H14O3. The fourth-order valence-corrected chi connectivity index (χ4v) is 1.11. The van der Waals surface area contributed by atoms with Crippen LogP contribution in [0.4, 0.5) is 0 Å². The Hall–Kier alpha value is -0.830. The van der Waals surface area contributed by atoms with Gasteiger partial charge < -0.3 is 9.47 Å². The summed E-state index contributed by atoms with van der Waals surface area (Å²) in [6, 6.07) is 0. The Morgan fingerprint density at radius 3 is 2.83 bits per heavy atom. The summed E-state index contributed by atoms with van der Waals surface area (Å²) < 4.78 is 9.97. The lowest BCUT2D eigenvalue weighted by molar-refractivity contribution is -0.139. The molecule has 0 aliphatic carbocycles. The lowest BCUT2D eigenvalue weighted by Crippen LogP contribution is -2.08. The van der Waals surface area contributed by atoms with Crippen LogP contribution in [-0.4, -0.2) is 25.8 Å². The summed E-state index contributed by atoms with van der Waals surface area (Å²) in [5.74, 6) is -0.223. The van der Waals surface area contributed by atoms with Crippen molar-refractivity contribution in [2.75, 3.05) is 19.8 Å². The predicted molar refractivity (Wildman–Crippen MR) is 44.8 cm³/mol. The molecule has 0 aromatic rings. The smallest absolute Gasteiger partial charge is 0.302 e. The average Bonchev–Trinajstić information content (AvgIpc) is 2.05. The van der Waals surface area contributed by atoms with Gasteiger partial charge in [0.2, 0.25) is 0 Å². The second-order valence-corrected chi connectivity index (χ2v) is 2.78. The molecule has 12 heavy (non-hydrogen) atoms. The Kier molecular flexibility index (Phi) is 3.80. The molecule has 1 rings (SSSR count). The van der Waals surface area contributed by atoms with Crippen LogP contribution >= 0.6 is 0 Å². The topological polar surface area (TPSA) is 35.5 Å². The first-order valence-corrected chi connectivity index (χ1v) is 4.18. The summed E-state index contributed by atoms with van der Waals surface area (Å²) in [4.78, 5) is 10.4. The zero-order chi connectivity index (χ0) is 8.81. The zero-order valence-corrected chi connectivity index (χ0v) is 7.34. The van der Waals surface area contributed by atoms with Crippen LogP contribution in [-0.2, 0) is 14.3 Å². The third-order valence-electron chi connectivity index (χ3n) is 1.79. The first-order valence-electron chi connectivity index (χ1n) is 4.18. The van der Waals surface area contributed by atoms with Crippen molar-refractivity contribution < 1.29 is 14.3 Å². The predicted octanol–water partition coefficient (Wildman–Crippen LogP) is 1.29. The van der Waals surface area contributed by atoms with E-state index in [0.29, 0.717) is 6.61 Å². The molecule has 0 atom stereocenters. The van der Waals surface area contributed by atoms with Crippen molar-refractivity contribution >= 4 is 5.97 Å². The fourth-order valence-electron chi connectivity index (χ4n) is 1.11. The standard InChI is InChI=1S/C9H14O3/c1-8(10)12-7-4-9-2-5-11-6-3-9/h4H,2-3,5-7H2,1H3. The number of carbonyl (C=O) groups is 1. The summed E-state index contributed by atoms with van der Waals surface area (Å²) in [5, 5.41) is 0. The highest BCUT2D eigenvalue weighted by Crippen LogP contribution is 2.12. The molecule has 0 unspecified atom stereocenters. The van der Waals surface area contributed by atoms with E-state index in [1.807, 2.05) is 6.08 Å². The number of esters is 1. The number of carbonyl (C=O) groups excluding carboxylic acids is 1. The lowest BCUT2D eigenvalue weighted by Gasteiger charge is -2.14. The van der Waals surface area contributed by atoms with E-state index in [2.05, 4.69) is 0 Å². The molecule has 0 amide bonds. The monoisotopic (exact) mass is 170 g/mol. The van der Waals surface area contributed by atoms with E-state index in [9.17, 15) is 4.79 Å². The molecule has 1 aliphatic rings. The largest absolute Gasteiger partial charge is 0.462 e. The van der Waals surface area contributed by atoms with E-state index in [1.54, 1.807) is 0 Å². The molecule has 1 heterocycles. The van der Waals surface area contributed by atoms with Crippen LogP contribution in [0.3, 0.4) is 0 Å². The number of rotatable bonds is 2. The average molecular weight is 170 g/mol. The van der Waals surface area contributed by atoms with Crippen LogP contribution in [0.2, 0.25) is 0 Å². The number of ether oxygens (including phenoxy) is 2. The van der Waals surface area contributed by atoms with Crippen molar-refractivity contribution in [3.63, 3.8) is 0 Å². The van der Waals surface area contributed by atoms with Crippen molar-refractivity contribution in [2.45, 2.75) is 19.8 Å². The first kappa shape index (κ1) is 9.26. The summed E-state index contributed by atoms with van der Waals surface area (Å²) in [5.41, 5.74) is 1.34. The molecule has 0 spiro atoms. The van der Waals surface area contributed by atoms with Crippen LogP contribution in [0.5, 0.6) is 0 Å². The molecule has 1 fully saturated rings. The molecule has 0 radical (unpaired) electrons. The maximum Gasteiger partial charge on any atom is 0.302 e. The van der Waals surface area contributed by atoms with Gasteiger partial charge >= 0.3 is 5.97 Å². The highest BCUT2D eigenvalue weighted by molar-refractivity contribution is 5.66. The maximum absolute atomic E-state index is 10.4. The van der Waals surface area contributed by atoms with Gasteiger partial charge in [-0.25, -0.2) is 0 Å². The van der Waals surface area contributed by atoms with E-state index in [1.165, 1.54) is 12.5 Å². The van der Waals surface area contributed by atoms with Crippen molar-refractivity contribution in [3.05, 3.63) is 11.6 Å². The minimum absolute atomic E-state index is 0.223. The highest BCUT2D eigenvalue weighted by Gasteiger charge is 2.04. The van der Waals surface area contributed by atoms with Crippen LogP contribution in [0.15, 0.2) is 11.6 Å². The molecule has 3 nitrogen and oxygen atoms in total. The molecule has 0 saturated carbocycles. The zero-order valence-electron chi connectivity index (χ0n) is 7.34. The van der Waals surface area contributed by atoms with Gasteiger partial charge in [-0.15, -0.1) is 0 Å². The van der Waals surface area contributed by atoms with E-state index in [-0.39, 0.29) is 5.97 Å². The minimum atomic E-state index is -0.223. The van der Waals surface area contributed by atoms with Gasteiger partial charge in [0, 0.05) is 6.92 Å². The summed E-state index contributed by atoms with van der Waals surface area (Å²) >= 11 is 0. The molecule has 1 saturated heterocycles. The van der Waals surface area contributed by atoms with E-state index in [4.69, 9.17) is 9.47 Å². The van der Waals surface area contributed by atoms with Crippen molar-refractivity contribution in [3.8, 4) is 0 Å². The summed E-state index contributed by atoms with van der Waals surface area (Å²) in [6.07, 6.45) is 3.92. The van der Waals surface area contributed by atoms with Gasteiger partial charge in [0.25, 0.3) is 0 Å². The number of hydrogen-bond acceptors (Lipinski definition) is 3. The SMILES string of the molecule is CC(=O)OCC=C1CCOCC1. The number of hydrogen-bond donors (Lipinski definition) is 0. The molecule has 0 aromatic heterocycles. The quantitative estimate of drug-likeness (QED) is 0.462. The molecule has 1 aliphatic heterocycles. The van der Waals surface area contributed by atoms with Crippen molar-refractivity contribution in [2.24, 2.45) is 0 Å². The van der Waals surface area contributed by atoms with Crippen molar-refractivity contribution in [1.82, 2.24) is 0 Å². The third kappa shape index (κ3) is 3.53. The molecule has 3 heteroatoms. The van der Waals surface area contributed by atoms with Crippen LogP contribution in [0.25, 0.3) is 0 Å². The van der Waals surface area contributed by atoms with Crippen molar-refractivity contribution in [1.29, 1.82) is 0 Å². The Morgan fingerprint density at radius 1 is 1.58 bits per heavy atom. The fraction of sp³-hybridized carbons (Fsp3) is 0.667. The lowest BCUT2D eigenvalue weighted by atomic mass is 10.1. The molecule has 68 valence electrons. The van der Waals surface area contributed by atoms with E-state index in [0.717, 1.165) is 26.1 Å². The third-order valence-corrected chi connectivity index (χ3v) is 1.79. The minimum Gasteiger partial charge on any atom is -0.462 e. The summed E-state index contributed by atoms with van der Waals surface area (Å²) in [7, 11) is 0. The van der Waals surface area contributed by atoms with Gasteiger partial charge in [-0.3, -0.25) is 4.79 Å². The summed E-state index contributed by atoms with van der Waals surface area (Å²) in [6.45, 7) is 3.42. The molecular weight excluding hydrogens is 156 g/mol. The van der Waals surface area contributed by atoms with Crippen LogP contribution in [0.1, 0.15) is 19.8 Å². The van der Waals surface area contributed by atoms with E-state index >= 15 is 0 Å². The van der Waals surface area contributed by atoms with Gasteiger partial charge in [0.05, 0.1) is 13.2 Å². The molecule has 0 N–H and O–H groups in total. The van der Waals surface area contributed by atoms with Gasteiger partial charge in [-0.2, -0.15) is 0 Å². The second kappa shape index (κ2) is 4.93. The first-order chi connectivity index (χ1) is 5.79. The molecule has 0 aromatic carbocycles. The second-order valence-electron chi connectivity index (χ2n) is 2.78. The maximum atomic E-state index is 10.4. The van der Waals surface area contributed by atoms with Gasteiger partial charge in [0.1, 0.15) is 6.61 Å². The Morgan fingerprint density at radius 2 is 2.25 bits per heavy atom. The molecule has 0 bridgehead atoms. The van der Waals surface area contributed by atoms with Gasteiger partial charge in [0.15, 0.2) is 0 Å². The Balaban J connectivity index is 2.20. The normalized spacial score (nSPS) is 17.2.